The molecule has 3 rings (SSSR count). The molecule has 2 aromatic heterocycles. The lowest BCUT2D eigenvalue weighted by Crippen LogP contribution is -2.13. The van der Waals surface area contributed by atoms with Crippen LogP contribution in [0.2, 0.25) is 10.0 Å². The Kier molecular flexibility index (Phi) is 2.40. The topological polar surface area (TPSA) is 34.4 Å². The summed E-state index contributed by atoms with van der Waals surface area (Å²) in [6, 6.07) is 3.35. The number of imidazole rings is 1. The number of hydrogen-bond acceptors (Lipinski definition) is 3. The number of fused-ring (bicyclic) bond motifs is 3. The molecule has 0 radical (unpaired) electrons. The molecule has 0 amide bonds. The zero-order chi connectivity index (χ0) is 12.2. The van der Waals surface area contributed by atoms with E-state index in [9.17, 15) is 4.79 Å². The first kappa shape index (κ1) is 11.0. The largest absolute Gasteiger partial charge is 0.269 e. The minimum absolute atomic E-state index is 0.0698. The van der Waals surface area contributed by atoms with Gasteiger partial charge in [0.15, 0.2) is 4.96 Å². The third-order valence-corrected chi connectivity index (χ3v) is 4.23. The smallest absolute Gasteiger partial charge is 0.261 e. The summed E-state index contributed by atoms with van der Waals surface area (Å²) in [7, 11) is 0. The van der Waals surface area contributed by atoms with E-state index >= 15 is 0 Å². The van der Waals surface area contributed by atoms with Crippen molar-refractivity contribution in [2.24, 2.45) is 0 Å². The third kappa shape index (κ3) is 1.56. The lowest BCUT2D eigenvalue weighted by Gasteiger charge is -1.97. The lowest BCUT2D eigenvalue weighted by molar-refractivity contribution is 1.14. The monoisotopic (exact) mass is 284 g/mol. The summed E-state index contributed by atoms with van der Waals surface area (Å²) in [4.78, 5) is 17.1. The molecule has 0 bridgehead atoms. The van der Waals surface area contributed by atoms with Gasteiger partial charge in [-0.05, 0) is 19.1 Å². The molecule has 0 saturated heterocycles. The average Bonchev–Trinajstić information content (AvgIpc) is 2.63. The van der Waals surface area contributed by atoms with Crippen molar-refractivity contribution in [3.8, 4) is 0 Å². The van der Waals surface area contributed by atoms with Crippen molar-refractivity contribution in [3.05, 3.63) is 43.5 Å². The quantitative estimate of drug-likeness (QED) is 0.633. The van der Waals surface area contributed by atoms with Crippen LogP contribution in [0.15, 0.2) is 22.3 Å². The molecule has 0 aliphatic heterocycles. The van der Waals surface area contributed by atoms with Gasteiger partial charge in [-0.2, -0.15) is 0 Å². The fraction of sp³-hybridized carbons (Fsp3) is 0.0909. The number of nitrogens with zero attached hydrogens (tertiary/aromatic N) is 2. The molecule has 0 aliphatic carbocycles. The van der Waals surface area contributed by atoms with Crippen molar-refractivity contribution in [2.45, 2.75) is 6.92 Å². The molecule has 0 N–H and O–H groups in total. The number of rotatable bonds is 0. The number of aromatic nitrogens is 2. The molecule has 0 atom stereocenters. The van der Waals surface area contributed by atoms with Crippen molar-refractivity contribution in [1.82, 2.24) is 9.38 Å². The molecule has 0 spiro atoms. The Morgan fingerprint density at radius 1 is 1.29 bits per heavy atom. The summed E-state index contributed by atoms with van der Waals surface area (Å²) in [6.07, 6.45) is 0. The van der Waals surface area contributed by atoms with Gasteiger partial charge >= 0.3 is 0 Å². The van der Waals surface area contributed by atoms with E-state index in [2.05, 4.69) is 4.98 Å². The van der Waals surface area contributed by atoms with Gasteiger partial charge in [0.25, 0.3) is 5.56 Å². The minimum Gasteiger partial charge on any atom is -0.269 e. The van der Waals surface area contributed by atoms with E-state index in [-0.39, 0.29) is 5.56 Å². The summed E-state index contributed by atoms with van der Waals surface area (Å²) in [5, 5.41) is 2.66. The molecule has 17 heavy (non-hydrogen) atoms. The molecular weight excluding hydrogens is 279 g/mol. The Morgan fingerprint density at radius 2 is 2.00 bits per heavy atom. The van der Waals surface area contributed by atoms with Gasteiger partial charge in [-0.3, -0.25) is 4.79 Å². The maximum atomic E-state index is 12.1. The second-order valence-corrected chi connectivity index (χ2v) is 5.36. The zero-order valence-corrected chi connectivity index (χ0v) is 11.0. The molecule has 86 valence electrons. The SMILES string of the molecule is Cc1csc2nc3cc(Cl)c(Cl)cc3n2c1=O. The van der Waals surface area contributed by atoms with Crippen LogP contribution in [0.4, 0.5) is 0 Å². The first-order valence-electron chi connectivity index (χ1n) is 4.83. The van der Waals surface area contributed by atoms with Gasteiger partial charge < -0.3 is 0 Å². The fourth-order valence-corrected chi connectivity index (χ4v) is 2.83. The van der Waals surface area contributed by atoms with Gasteiger partial charge in [0.1, 0.15) is 0 Å². The van der Waals surface area contributed by atoms with E-state index < -0.39 is 0 Å². The van der Waals surface area contributed by atoms with Crippen molar-refractivity contribution in [3.63, 3.8) is 0 Å². The van der Waals surface area contributed by atoms with Crippen molar-refractivity contribution in [1.29, 1.82) is 0 Å². The summed E-state index contributed by atoms with van der Waals surface area (Å²) in [5.74, 6) is 0. The van der Waals surface area contributed by atoms with Crippen LogP contribution in [-0.2, 0) is 0 Å². The molecule has 0 saturated carbocycles. The second-order valence-electron chi connectivity index (χ2n) is 3.71. The van der Waals surface area contributed by atoms with E-state index in [0.717, 1.165) is 0 Å². The number of hydrogen-bond donors (Lipinski definition) is 0. The summed E-state index contributed by atoms with van der Waals surface area (Å²) in [6.45, 7) is 1.78. The molecule has 2 heterocycles. The van der Waals surface area contributed by atoms with Crippen molar-refractivity contribution < 1.29 is 0 Å². The van der Waals surface area contributed by atoms with E-state index in [1.807, 2.05) is 0 Å². The third-order valence-electron chi connectivity index (χ3n) is 2.55. The highest BCUT2D eigenvalue weighted by atomic mass is 35.5. The highest BCUT2D eigenvalue weighted by Gasteiger charge is 2.11. The Balaban J connectivity index is 2.62. The number of benzene rings is 1. The summed E-state index contributed by atoms with van der Waals surface area (Å²) >= 11 is 13.3. The predicted molar refractivity (Wildman–Crippen MR) is 71.6 cm³/mol. The Bertz CT molecular complexity index is 806. The molecule has 3 aromatic rings. The van der Waals surface area contributed by atoms with Crippen molar-refractivity contribution >= 4 is 50.5 Å². The second kappa shape index (κ2) is 3.70. The van der Waals surface area contributed by atoms with Gasteiger partial charge in [-0.25, -0.2) is 9.38 Å². The fourth-order valence-electron chi connectivity index (χ4n) is 1.69. The van der Waals surface area contributed by atoms with E-state index in [1.54, 1.807) is 28.8 Å². The van der Waals surface area contributed by atoms with Gasteiger partial charge in [-0.1, -0.05) is 23.2 Å². The van der Waals surface area contributed by atoms with Crippen LogP contribution in [0.1, 0.15) is 5.56 Å². The van der Waals surface area contributed by atoms with Gasteiger partial charge in [-0.15, -0.1) is 11.3 Å². The van der Waals surface area contributed by atoms with Crippen LogP contribution < -0.4 is 5.56 Å². The first-order chi connectivity index (χ1) is 8.08. The standard InChI is InChI=1S/C11H6Cl2N2OS/c1-5-4-17-11-14-8-2-6(12)7(13)3-9(8)15(11)10(5)16/h2-4H,1H3. The van der Waals surface area contributed by atoms with Crippen LogP contribution in [-0.4, -0.2) is 9.38 Å². The van der Waals surface area contributed by atoms with Crippen LogP contribution >= 0.6 is 34.5 Å². The molecule has 1 aromatic carbocycles. The average molecular weight is 285 g/mol. The predicted octanol–water partition coefficient (Wildman–Crippen LogP) is 3.52. The Hall–Kier alpha value is -1.10. The molecule has 0 fully saturated rings. The molecule has 0 aliphatic rings. The number of aryl methyl sites for hydroxylation is 1. The Labute approximate surface area is 110 Å². The van der Waals surface area contributed by atoms with Crippen molar-refractivity contribution in [2.75, 3.05) is 0 Å². The van der Waals surface area contributed by atoms with Gasteiger partial charge in [0.2, 0.25) is 0 Å². The summed E-state index contributed by atoms with van der Waals surface area (Å²) < 4.78 is 1.57. The van der Waals surface area contributed by atoms with Crippen LogP contribution in [0.3, 0.4) is 0 Å². The minimum atomic E-state index is -0.0698. The normalized spacial score (nSPS) is 11.5. The number of halogens is 2. The maximum Gasteiger partial charge on any atom is 0.261 e. The lowest BCUT2D eigenvalue weighted by atomic mass is 10.3. The maximum absolute atomic E-state index is 12.1. The van der Waals surface area contributed by atoms with Gasteiger partial charge in [0, 0.05) is 10.9 Å². The van der Waals surface area contributed by atoms with Crippen LogP contribution in [0.5, 0.6) is 0 Å². The van der Waals surface area contributed by atoms with E-state index in [4.69, 9.17) is 23.2 Å². The van der Waals surface area contributed by atoms with Gasteiger partial charge in [0.05, 0.1) is 21.1 Å². The molecular formula is C11H6Cl2N2OS. The molecule has 0 unspecified atom stereocenters. The Morgan fingerprint density at radius 3 is 2.76 bits per heavy atom. The molecule has 6 heteroatoms. The van der Waals surface area contributed by atoms with E-state index in [0.29, 0.717) is 31.6 Å². The highest BCUT2D eigenvalue weighted by molar-refractivity contribution is 7.15. The van der Waals surface area contributed by atoms with Crippen LogP contribution in [0.25, 0.3) is 16.0 Å². The molecule has 3 nitrogen and oxygen atoms in total. The highest BCUT2D eigenvalue weighted by Crippen LogP contribution is 2.28. The summed E-state index contributed by atoms with van der Waals surface area (Å²) in [5.41, 5.74) is 1.99. The first-order valence-corrected chi connectivity index (χ1v) is 6.47. The van der Waals surface area contributed by atoms with E-state index in [1.165, 1.54) is 11.3 Å². The zero-order valence-electron chi connectivity index (χ0n) is 8.70. The van der Waals surface area contributed by atoms with Crippen LogP contribution in [0, 0.1) is 6.92 Å².